The van der Waals surface area contributed by atoms with Gasteiger partial charge >= 0.3 is 0 Å². The summed E-state index contributed by atoms with van der Waals surface area (Å²) in [4.78, 5) is 0. The van der Waals surface area contributed by atoms with Crippen LogP contribution in [0, 0.1) is 0 Å². The van der Waals surface area contributed by atoms with Crippen LogP contribution in [0.25, 0.3) is 0 Å². The van der Waals surface area contributed by atoms with E-state index in [4.69, 9.17) is 12.6 Å². The molecule has 0 aromatic heterocycles. The monoisotopic (exact) mass is 486 g/mol. The summed E-state index contributed by atoms with van der Waals surface area (Å²) in [5, 5.41) is 1.06. The molecule has 0 saturated heterocycles. The van der Waals surface area contributed by atoms with Gasteiger partial charge in [0.1, 0.15) is 0 Å². The molecule has 0 aliphatic carbocycles. The van der Waals surface area contributed by atoms with Gasteiger partial charge in [-0.25, -0.2) is 0 Å². The Bertz CT molecular complexity index is 279. The lowest BCUT2D eigenvalue weighted by Crippen LogP contribution is -2.34. The minimum atomic E-state index is -0.0381. The Morgan fingerprint density at radius 3 is 2.17 bits per heavy atom. The maximum absolute atomic E-state index is 5.08. The molecular formula is C14H30S9. The molecule has 0 bridgehead atoms. The van der Waals surface area contributed by atoms with Gasteiger partial charge in [0.25, 0.3) is 0 Å². The number of hydrogen-bond acceptors (Lipinski definition) is 9. The third-order valence-electron chi connectivity index (χ3n) is 3.09. The molecule has 0 spiro atoms. The van der Waals surface area contributed by atoms with Gasteiger partial charge in [-0.05, 0) is 17.9 Å². The van der Waals surface area contributed by atoms with Gasteiger partial charge in [-0.3, -0.25) is 0 Å². The van der Waals surface area contributed by atoms with Crippen LogP contribution >= 0.6 is 110 Å². The van der Waals surface area contributed by atoms with E-state index in [1.54, 1.807) is 0 Å². The van der Waals surface area contributed by atoms with Crippen molar-refractivity contribution < 1.29 is 0 Å². The van der Waals surface area contributed by atoms with Crippen LogP contribution in [-0.2, 0) is 0 Å². The van der Waals surface area contributed by atoms with Gasteiger partial charge < -0.3 is 0 Å². The Kier molecular flexibility index (Phi) is 18.3. The predicted octanol–water partition coefficient (Wildman–Crippen LogP) is 5.76. The van der Waals surface area contributed by atoms with Crippen LogP contribution in [0.15, 0.2) is 0 Å². The zero-order valence-electron chi connectivity index (χ0n) is 13.8. The van der Waals surface area contributed by atoms with Crippen molar-refractivity contribution >= 4 is 110 Å². The van der Waals surface area contributed by atoms with E-state index in [0.29, 0.717) is 15.1 Å². The lowest BCUT2D eigenvalue weighted by molar-refractivity contribution is 0.879. The van der Waals surface area contributed by atoms with E-state index in [1.807, 2.05) is 47.0 Å². The molecular weight excluding hydrogens is 457 g/mol. The maximum atomic E-state index is 5.08. The van der Waals surface area contributed by atoms with Crippen LogP contribution < -0.4 is 0 Å². The molecule has 9 heteroatoms. The van der Waals surface area contributed by atoms with Crippen molar-refractivity contribution in [3.05, 3.63) is 0 Å². The van der Waals surface area contributed by atoms with Crippen molar-refractivity contribution in [1.29, 1.82) is 0 Å². The second kappa shape index (κ2) is 16.1. The quantitative estimate of drug-likeness (QED) is 0.147. The Morgan fingerprint density at radius 1 is 1.00 bits per heavy atom. The van der Waals surface area contributed by atoms with E-state index in [9.17, 15) is 0 Å². The molecule has 0 N–H and O–H groups in total. The molecule has 0 saturated carbocycles. The van der Waals surface area contributed by atoms with Crippen LogP contribution in [0.4, 0.5) is 0 Å². The van der Waals surface area contributed by atoms with Gasteiger partial charge in [-0.2, -0.15) is 86.7 Å². The first-order valence-electron chi connectivity index (χ1n) is 7.65. The summed E-state index contributed by atoms with van der Waals surface area (Å²) in [6.07, 6.45) is 1.08. The zero-order chi connectivity index (χ0) is 17.7. The van der Waals surface area contributed by atoms with Crippen LogP contribution in [0.1, 0.15) is 20.3 Å². The minimum absolute atomic E-state index is 0.0381. The minimum Gasteiger partial charge on any atom is -0.179 e. The summed E-state index contributed by atoms with van der Waals surface area (Å²) in [7, 11) is 0. The summed E-state index contributed by atoms with van der Waals surface area (Å²) in [5.74, 6) is 7.01. The van der Waals surface area contributed by atoms with Crippen molar-refractivity contribution in [3.8, 4) is 0 Å². The van der Waals surface area contributed by atoms with Gasteiger partial charge in [-0.1, -0.05) is 13.8 Å². The van der Waals surface area contributed by atoms with Crippen molar-refractivity contribution in [2.45, 2.75) is 39.4 Å². The number of hydrogen-bond donors (Lipinski definition) is 5. The van der Waals surface area contributed by atoms with Crippen molar-refractivity contribution in [2.24, 2.45) is 0 Å². The highest BCUT2D eigenvalue weighted by molar-refractivity contribution is 8.16. The Morgan fingerprint density at radius 2 is 1.65 bits per heavy atom. The largest absolute Gasteiger partial charge is 0.179 e. The normalized spacial score (nSPS) is 18.4. The van der Waals surface area contributed by atoms with Gasteiger partial charge in [0, 0.05) is 43.8 Å². The lowest BCUT2D eigenvalue weighted by atomic mass is 10.3. The van der Waals surface area contributed by atoms with Gasteiger partial charge in [0.15, 0.2) is 0 Å². The van der Waals surface area contributed by atoms with Crippen molar-refractivity contribution in [1.82, 2.24) is 0 Å². The first-order valence-corrected chi connectivity index (χ1v) is 14.6. The fourth-order valence-electron chi connectivity index (χ4n) is 1.59. The van der Waals surface area contributed by atoms with E-state index >= 15 is 0 Å². The smallest absolute Gasteiger partial charge is 0.0787 e. The third-order valence-corrected chi connectivity index (χ3v) is 13.0. The van der Waals surface area contributed by atoms with Gasteiger partial charge in [0.05, 0.1) is 4.08 Å². The standard InChI is InChI=1S/C14H30S9/c1-3-13(18)22-10-14(19,23-7-5-16)11(2)21-9-12(8-17)20-6-4-15/h11-13,15-19H,3-10H2,1-2H3. The predicted molar refractivity (Wildman–Crippen MR) is 139 cm³/mol. The second-order valence-corrected chi connectivity index (χ2v) is 13.7. The fourth-order valence-corrected chi connectivity index (χ4v) is 8.52. The molecule has 140 valence electrons. The molecule has 0 aromatic carbocycles. The molecule has 0 fully saturated rings. The summed E-state index contributed by atoms with van der Waals surface area (Å²) in [6.45, 7) is 4.49. The lowest BCUT2D eigenvalue weighted by Gasteiger charge is -2.35. The molecule has 0 aliphatic heterocycles. The average Bonchev–Trinajstić information content (AvgIpc) is 2.57. The summed E-state index contributed by atoms with van der Waals surface area (Å²) >= 11 is 30.7. The van der Waals surface area contributed by atoms with E-state index in [0.717, 1.165) is 46.7 Å². The number of thiol groups is 5. The molecule has 4 atom stereocenters. The molecule has 0 aromatic rings. The fraction of sp³-hybridized carbons (Fsp3) is 1.00. The average molecular weight is 487 g/mol. The second-order valence-electron chi connectivity index (χ2n) is 4.97. The SMILES string of the molecule is CCC(S)SCC(S)(SCCS)C(C)SCC(CS)SCCS. The van der Waals surface area contributed by atoms with Gasteiger partial charge in [-0.15, -0.1) is 23.5 Å². The maximum Gasteiger partial charge on any atom is 0.0787 e. The van der Waals surface area contributed by atoms with Crippen LogP contribution in [0.3, 0.4) is 0 Å². The highest BCUT2D eigenvalue weighted by Gasteiger charge is 2.34. The molecule has 4 unspecified atom stereocenters. The molecule has 23 heavy (non-hydrogen) atoms. The van der Waals surface area contributed by atoms with E-state index < -0.39 is 0 Å². The summed E-state index contributed by atoms with van der Waals surface area (Å²) in [6, 6.07) is 0. The summed E-state index contributed by atoms with van der Waals surface area (Å²) in [5.41, 5.74) is 0. The van der Waals surface area contributed by atoms with Crippen molar-refractivity contribution in [2.75, 3.05) is 40.3 Å². The Balaban J connectivity index is 4.55. The highest BCUT2D eigenvalue weighted by atomic mass is 32.2. The molecule has 0 nitrogen and oxygen atoms in total. The molecule has 0 heterocycles. The topological polar surface area (TPSA) is 0 Å². The molecule has 0 aliphatic rings. The number of thioether (sulfide) groups is 4. The molecule has 0 radical (unpaired) electrons. The first kappa shape index (κ1) is 26.1. The van der Waals surface area contributed by atoms with Crippen LogP contribution in [-0.4, -0.2) is 59.4 Å². The Labute approximate surface area is 188 Å². The third kappa shape index (κ3) is 12.3. The highest BCUT2D eigenvalue weighted by Crippen LogP contribution is 2.43. The van der Waals surface area contributed by atoms with E-state index in [-0.39, 0.29) is 4.08 Å². The number of rotatable bonds is 15. The van der Waals surface area contributed by atoms with E-state index in [1.165, 1.54) is 0 Å². The van der Waals surface area contributed by atoms with Crippen LogP contribution in [0.2, 0.25) is 0 Å². The zero-order valence-corrected chi connectivity index (χ0v) is 21.5. The van der Waals surface area contributed by atoms with Gasteiger partial charge in [0.2, 0.25) is 0 Å². The van der Waals surface area contributed by atoms with E-state index in [2.05, 4.69) is 64.4 Å². The summed E-state index contributed by atoms with van der Waals surface area (Å²) < 4.78 is 0.357. The first-order chi connectivity index (χ1) is 10.9. The van der Waals surface area contributed by atoms with Crippen molar-refractivity contribution in [3.63, 3.8) is 0 Å². The Hall–Kier alpha value is 3.15. The molecule has 0 amide bonds. The van der Waals surface area contributed by atoms with Crippen LogP contribution in [0.5, 0.6) is 0 Å². The molecule has 0 rings (SSSR count).